The molecule has 0 radical (unpaired) electrons. The van der Waals surface area contributed by atoms with Gasteiger partial charge in [0, 0.05) is 47.7 Å². The van der Waals surface area contributed by atoms with Crippen molar-refractivity contribution in [1.29, 1.82) is 0 Å². The molecule has 0 aliphatic rings. The Balaban J connectivity index is 1.83. The zero-order valence-corrected chi connectivity index (χ0v) is 17.3. The Morgan fingerprint density at radius 3 is 2.34 bits per heavy atom. The van der Waals surface area contributed by atoms with E-state index in [1.54, 1.807) is 39.5 Å². The third-order valence-electron chi connectivity index (χ3n) is 4.56. The maximum absolute atomic E-state index is 12.7. The second-order valence-corrected chi connectivity index (χ2v) is 6.64. The molecule has 2 aromatic carbocycles. The van der Waals surface area contributed by atoms with Gasteiger partial charge in [0.25, 0.3) is 0 Å². The van der Waals surface area contributed by atoms with Crippen molar-refractivity contribution in [3.05, 3.63) is 48.2 Å². The van der Waals surface area contributed by atoms with E-state index in [0.29, 0.717) is 22.9 Å². The number of nitrogens with one attached hydrogen (secondary N) is 1. The van der Waals surface area contributed by atoms with E-state index < -0.39 is 0 Å². The van der Waals surface area contributed by atoms with E-state index in [-0.39, 0.29) is 12.5 Å². The van der Waals surface area contributed by atoms with Gasteiger partial charge < -0.3 is 24.4 Å². The van der Waals surface area contributed by atoms with Crippen LogP contribution in [0.5, 0.6) is 17.2 Å². The Morgan fingerprint density at radius 1 is 1.03 bits per heavy atom. The predicted octanol–water partition coefficient (Wildman–Crippen LogP) is 3.64. The van der Waals surface area contributed by atoms with Crippen LogP contribution in [0.15, 0.2) is 42.5 Å². The number of methoxy groups -OCH3 is 3. The standard InChI is InChI=1S/C22H25N3O4/c1-14-9-19(18-7-6-8-20(29-5)22(18)23-14)25(2)13-21(26)24-15-10-16(27-3)12-17(11-15)28-4/h6-12H,13H2,1-5H3,(H,24,26). The summed E-state index contributed by atoms with van der Waals surface area (Å²) in [4.78, 5) is 19.2. The number of nitrogens with zero attached hydrogens (tertiary/aromatic N) is 2. The monoisotopic (exact) mass is 395 g/mol. The van der Waals surface area contributed by atoms with Crippen LogP contribution in [-0.4, -0.2) is 45.8 Å². The number of likely N-dealkylation sites (N-methyl/N-ethyl adjacent to an activating group) is 1. The molecule has 3 rings (SSSR count). The van der Waals surface area contributed by atoms with Crippen LogP contribution in [0.4, 0.5) is 11.4 Å². The minimum absolute atomic E-state index is 0.159. The van der Waals surface area contributed by atoms with Gasteiger partial charge in [-0.05, 0) is 19.1 Å². The van der Waals surface area contributed by atoms with Crippen LogP contribution in [0.3, 0.4) is 0 Å². The molecule has 0 saturated heterocycles. The fourth-order valence-corrected chi connectivity index (χ4v) is 3.19. The number of hydrogen-bond acceptors (Lipinski definition) is 6. The molecular weight excluding hydrogens is 370 g/mol. The van der Waals surface area contributed by atoms with Gasteiger partial charge in [-0.25, -0.2) is 4.98 Å². The Morgan fingerprint density at radius 2 is 1.72 bits per heavy atom. The number of para-hydroxylation sites is 1. The lowest BCUT2D eigenvalue weighted by Gasteiger charge is -2.22. The number of ether oxygens (including phenoxy) is 3. The lowest BCUT2D eigenvalue weighted by Crippen LogP contribution is -2.30. The average molecular weight is 395 g/mol. The van der Waals surface area contributed by atoms with Gasteiger partial charge in [-0.3, -0.25) is 4.79 Å². The first-order valence-corrected chi connectivity index (χ1v) is 9.13. The normalized spacial score (nSPS) is 10.5. The van der Waals surface area contributed by atoms with E-state index in [1.165, 1.54) is 0 Å². The van der Waals surface area contributed by atoms with Crippen LogP contribution in [0.25, 0.3) is 10.9 Å². The first kappa shape index (κ1) is 20.3. The molecule has 29 heavy (non-hydrogen) atoms. The van der Waals surface area contributed by atoms with Crippen molar-refractivity contribution in [2.45, 2.75) is 6.92 Å². The Labute approximate surface area is 170 Å². The molecule has 0 atom stereocenters. The van der Waals surface area contributed by atoms with E-state index in [1.807, 2.05) is 43.1 Å². The van der Waals surface area contributed by atoms with Crippen molar-refractivity contribution in [2.24, 2.45) is 0 Å². The van der Waals surface area contributed by atoms with Crippen molar-refractivity contribution in [2.75, 3.05) is 45.1 Å². The molecular formula is C22H25N3O4. The van der Waals surface area contributed by atoms with Crippen LogP contribution in [0, 0.1) is 6.92 Å². The third-order valence-corrected chi connectivity index (χ3v) is 4.56. The summed E-state index contributed by atoms with van der Waals surface area (Å²) < 4.78 is 15.9. The summed E-state index contributed by atoms with van der Waals surface area (Å²) in [6.45, 7) is 2.08. The van der Waals surface area contributed by atoms with Gasteiger partial charge in [-0.1, -0.05) is 12.1 Å². The largest absolute Gasteiger partial charge is 0.497 e. The molecule has 0 spiro atoms. The molecule has 1 heterocycles. The average Bonchev–Trinajstić information content (AvgIpc) is 2.72. The summed E-state index contributed by atoms with van der Waals surface area (Å²) in [5.41, 5.74) is 3.14. The van der Waals surface area contributed by atoms with Gasteiger partial charge in [-0.15, -0.1) is 0 Å². The quantitative estimate of drug-likeness (QED) is 0.658. The Bertz CT molecular complexity index is 1010. The second kappa shape index (κ2) is 8.68. The number of rotatable bonds is 7. The van der Waals surface area contributed by atoms with E-state index in [2.05, 4.69) is 10.3 Å². The van der Waals surface area contributed by atoms with Gasteiger partial charge in [0.05, 0.1) is 27.9 Å². The number of carbonyl (C=O) groups excluding carboxylic acids is 1. The first-order chi connectivity index (χ1) is 13.9. The molecule has 7 heteroatoms. The van der Waals surface area contributed by atoms with Crippen molar-refractivity contribution < 1.29 is 19.0 Å². The molecule has 1 N–H and O–H groups in total. The van der Waals surface area contributed by atoms with Gasteiger partial charge in [-0.2, -0.15) is 0 Å². The molecule has 0 bridgehead atoms. The van der Waals surface area contributed by atoms with Crippen LogP contribution in [0.2, 0.25) is 0 Å². The summed E-state index contributed by atoms with van der Waals surface area (Å²) in [7, 11) is 6.63. The number of aryl methyl sites for hydroxylation is 1. The maximum atomic E-state index is 12.7. The smallest absolute Gasteiger partial charge is 0.243 e. The van der Waals surface area contributed by atoms with Gasteiger partial charge >= 0.3 is 0 Å². The molecule has 0 aliphatic carbocycles. The summed E-state index contributed by atoms with van der Waals surface area (Å²) in [6.07, 6.45) is 0. The molecule has 1 aromatic heterocycles. The zero-order chi connectivity index (χ0) is 21.0. The number of pyridine rings is 1. The molecule has 1 amide bonds. The topological polar surface area (TPSA) is 72.9 Å². The highest BCUT2D eigenvalue weighted by Gasteiger charge is 2.15. The number of hydrogen-bond donors (Lipinski definition) is 1. The maximum Gasteiger partial charge on any atom is 0.243 e. The minimum atomic E-state index is -0.159. The fourth-order valence-electron chi connectivity index (χ4n) is 3.19. The fraction of sp³-hybridized carbons (Fsp3) is 0.273. The van der Waals surface area contributed by atoms with Crippen LogP contribution in [0.1, 0.15) is 5.69 Å². The number of amides is 1. The van der Waals surface area contributed by atoms with Gasteiger partial charge in [0.15, 0.2) is 0 Å². The van der Waals surface area contributed by atoms with Crippen molar-refractivity contribution >= 4 is 28.2 Å². The number of aromatic nitrogens is 1. The Hall–Kier alpha value is -3.48. The predicted molar refractivity (Wildman–Crippen MR) is 114 cm³/mol. The minimum Gasteiger partial charge on any atom is -0.497 e. The van der Waals surface area contributed by atoms with Crippen LogP contribution in [-0.2, 0) is 4.79 Å². The second-order valence-electron chi connectivity index (χ2n) is 6.64. The number of carbonyl (C=O) groups is 1. The molecule has 3 aromatic rings. The van der Waals surface area contributed by atoms with E-state index in [4.69, 9.17) is 14.2 Å². The zero-order valence-electron chi connectivity index (χ0n) is 17.3. The summed E-state index contributed by atoms with van der Waals surface area (Å²) in [6, 6.07) is 13.0. The molecule has 0 unspecified atom stereocenters. The highest BCUT2D eigenvalue weighted by Crippen LogP contribution is 2.32. The number of benzene rings is 2. The molecule has 7 nitrogen and oxygen atoms in total. The van der Waals surface area contributed by atoms with Crippen molar-refractivity contribution in [1.82, 2.24) is 4.98 Å². The highest BCUT2D eigenvalue weighted by molar-refractivity contribution is 5.99. The number of anilines is 2. The van der Waals surface area contributed by atoms with Crippen LogP contribution < -0.4 is 24.4 Å². The highest BCUT2D eigenvalue weighted by atomic mass is 16.5. The Kier molecular flexibility index (Phi) is 6.07. The third kappa shape index (κ3) is 4.51. The SMILES string of the molecule is COc1cc(NC(=O)CN(C)c2cc(C)nc3c(OC)cccc23)cc(OC)c1. The van der Waals surface area contributed by atoms with Crippen molar-refractivity contribution in [3.8, 4) is 17.2 Å². The molecule has 0 fully saturated rings. The van der Waals surface area contributed by atoms with Crippen LogP contribution >= 0.6 is 0 Å². The number of fused-ring (bicyclic) bond motifs is 1. The molecule has 152 valence electrons. The summed E-state index contributed by atoms with van der Waals surface area (Å²) in [5.74, 6) is 1.76. The van der Waals surface area contributed by atoms with Crippen molar-refractivity contribution in [3.63, 3.8) is 0 Å². The molecule has 0 aliphatic heterocycles. The lowest BCUT2D eigenvalue weighted by molar-refractivity contribution is -0.114. The first-order valence-electron chi connectivity index (χ1n) is 9.13. The van der Waals surface area contributed by atoms with Gasteiger partial charge in [0.2, 0.25) is 5.91 Å². The summed E-state index contributed by atoms with van der Waals surface area (Å²) >= 11 is 0. The lowest BCUT2D eigenvalue weighted by atomic mass is 10.1. The van der Waals surface area contributed by atoms with E-state index in [9.17, 15) is 4.79 Å². The van der Waals surface area contributed by atoms with E-state index in [0.717, 1.165) is 22.3 Å². The molecule has 0 saturated carbocycles. The van der Waals surface area contributed by atoms with Gasteiger partial charge in [0.1, 0.15) is 22.8 Å². The summed E-state index contributed by atoms with van der Waals surface area (Å²) in [5, 5.41) is 3.82. The van der Waals surface area contributed by atoms with E-state index >= 15 is 0 Å².